The quantitative estimate of drug-likeness (QED) is 0.808. The Hall–Kier alpha value is -2.08. The van der Waals surface area contributed by atoms with Crippen molar-refractivity contribution in [3.8, 4) is 5.69 Å². The van der Waals surface area contributed by atoms with Gasteiger partial charge in [-0.05, 0) is 24.6 Å². The normalized spacial score (nSPS) is 16.6. The first kappa shape index (κ1) is 14.8. The highest BCUT2D eigenvalue weighted by Crippen LogP contribution is 2.30. The van der Waals surface area contributed by atoms with Gasteiger partial charge in [-0.1, -0.05) is 24.3 Å². The number of para-hydroxylation sites is 1. The van der Waals surface area contributed by atoms with E-state index in [0.717, 1.165) is 11.4 Å². The maximum Gasteiger partial charge on any atom is 0.412 e. The van der Waals surface area contributed by atoms with Gasteiger partial charge in [0.05, 0.1) is 11.4 Å². The van der Waals surface area contributed by atoms with Crippen LogP contribution < -0.4 is 0 Å². The van der Waals surface area contributed by atoms with Gasteiger partial charge in [0.15, 0.2) is 0 Å². The van der Waals surface area contributed by atoms with Crippen LogP contribution in [0.5, 0.6) is 0 Å². The van der Waals surface area contributed by atoms with Crippen molar-refractivity contribution < 1.29 is 13.2 Å². The highest BCUT2D eigenvalue weighted by atomic mass is 19.4. The Morgan fingerprint density at radius 2 is 1.86 bits per heavy atom. The van der Waals surface area contributed by atoms with Crippen LogP contribution in [-0.2, 0) is 6.54 Å². The van der Waals surface area contributed by atoms with Crippen molar-refractivity contribution in [2.45, 2.75) is 19.1 Å². The number of aromatic nitrogens is 2. The monoisotopic (exact) mass is 307 g/mol. The second kappa shape index (κ2) is 5.96. The summed E-state index contributed by atoms with van der Waals surface area (Å²) in [5, 5.41) is 4.47. The lowest BCUT2D eigenvalue weighted by atomic mass is 10.1. The van der Waals surface area contributed by atoms with Crippen LogP contribution >= 0.6 is 0 Å². The van der Waals surface area contributed by atoms with Crippen LogP contribution in [0, 0.1) is 0 Å². The third-order valence-corrected chi connectivity index (χ3v) is 3.71. The van der Waals surface area contributed by atoms with Crippen LogP contribution in [0.3, 0.4) is 0 Å². The summed E-state index contributed by atoms with van der Waals surface area (Å²) < 4.78 is 39.5. The summed E-state index contributed by atoms with van der Waals surface area (Å²) >= 11 is 0. The van der Waals surface area contributed by atoms with E-state index in [9.17, 15) is 13.2 Å². The van der Waals surface area contributed by atoms with Crippen LogP contribution in [-0.4, -0.2) is 33.9 Å². The number of nitrogens with zero attached hydrogens (tertiary/aromatic N) is 3. The zero-order valence-electron chi connectivity index (χ0n) is 11.9. The minimum atomic E-state index is -4.19. The lowest BCUT2D eigenvalue weighted by molar-refractivity contribution is -0.0960. The molecular formula is C16H16F3N3. The molecule has 1 aromatic heterocycles. The largest absolute Gasteiger partial charge is 0.412 e. The molecule has 2 heterocycles. The maximum atomic E-state index is 12.6. The Balaban J connectivity index is 1.64. The van der Waals surface area contributed by atoms with E-state index in [0.29, 0.717) is 19.6 Å². The molecule has 0 bridgehead atoms. The van der Waals surface area contributed by atoms with Gasteiger partial charge in [-0.3, -0.25) is 4.90 Å². The van der Waals surface area contributed by atoms with Crippen molar-refractivity contribution >= 4 is 0 Å². The number of rotatable bonds is 3. The van der Waals surface area contributed by atoms with Gasteiger partial charge in [0, 0.05) is 31.4 Å². The van der Waals surface area contributed by atoms with E-state index in [4.69, 9.17) is 0 Å². The topological polar surface area (TPSA) is 21.1 Å². The highest BCUT2D eigenvalue weighted by Gasteiger charge is 2.34. The molecule has 1 aliphatic heterocycles. The van der Waals surface area contributed by atoms with Gasteiger partial charge >= 0.3 is 6.18 Å². The van der Waals surface area contributed by atoms with Crippen LogP contribution in [0.25, 0.3) is 5.69 Å². The molecule has 0 fully saturated rings. The lowest BCUT2D eigenvalue weighted by Gasteiger charge is -2.26. The number of benzene rings is 1. The summed E-state index contributed by atoms with van der Waals surface area (Å²) in [5.41, 5.74) is 1.40. The molecule has 3 nitrogen and oxygen atoms in total. The summed E-state index contributed by atoms with van der Waals surface area (Å²) in [7, 11) is 0. The zero-order valence-corrected chi connectivity index (χ0v) is 11.9. The molecule has 0 atom stereocenters. The van der Waals surface area contributed by atoms with E-state index in [1.54, 1.807) is 4.68 Å². The second-order valence-electron chi connectivity index (χ2n) is 5.30. The molecule has 1 aromatic carbocycles. The van der Waals surface area contributed by atoms with Crippen LogP contribution in [0.4, 0.5) is 13.2 Å². The van der Waals surface area contributed by atoms with Crippen molar-refractivity contribution in [2.24, 2.45) is 0 Å². The summed E-state index contributed by atoms with van der Waals surface area (Å²) in [5.74, 6) is 0. The molecule has 3 rings (SSSR count). The van der Waals surface area contributed by atoms with Gasteiger partial charge in [-0.15, -0.1) is 0 Å². The third-order valence-electron chi connectivity index (χ3n) is 3.71. The second-order valence-corrected chi connectivity index (χ2v) is 5.30. The molecule has 0 N–H and O–H groups in total. The molecule has 1 aliphatic rings. The number of halogens is 3. The molecule has 0 saturated heterocycles. The lowest BCUT2D eigenvalue weighted by Crippen LogP contribution is -2.31. The van der Waals surface area contributed by atoms with Gasteiger partial charge in [0.25, 0.3) is 0 Å². The fourth-order valence-corrected chi connectivity index (χ4v) is 2.51. The first-order chi connectivity index (χ1) is 10.5. The van der Waals surface area contributed by atoms with Crippen LogP contribution in [0.15, 0.2) is 54.2 Å². The summed E-state index contributed by atoms with van der Waals surface area (Å²) in [6.07, 6.45) is -1.01. The molecule has 0 radical (unpaired) electrons. The van der Waals surface area contributed by atoms with Crippen molar-refractivity contribution in [2.75, 3.05) is 13.1 Å². The molecule has 116 valence electrons. The molecule has 0 amide bonds. The highest BCUT2D eigenvalue weighted by molar-refractivity contribution is 5.30. The summed E-state index contributed by atoms with van der Waals surface area (Å²) in [4.78, 5) is 1.97. The molecular weight excluding hydrogens is 291 g/mol. The fraction of sp³-hybridized carbons (Fsp3) is 0.312. The summed E-state index contributed by atoms with van der Waals surface area (Å²) in [6.45, 7) is 1.28. The van der Waals surface area contributed by atoms with E-state index in [2.05, 4.69) is 5.10 Å². The maximum absolute atomic E-state index is 12.6. The Bertz CT molecular complexity index is 659. The van der Waals surface area contributed by atoms with E-state index >= 15 is 0 Å². The molecule has 0 spiro atoms. The van der Waals surface area contributed by atoms with Gasteiger partial charge in [0.2, 0.25) is 0 Å². The van der Waals surface area contributed by atoms with Crippen LogP contribution in [0.1, 0.15) is 12.1 Å². The third kappa shape index (κ3) is 3.39. The zero-order chi connectivity index (χ0) is 15.6. The van der Waals surface area contributed by atoms with Gasteiger partial charge < -0.3 is 0 Å². The average Bonchev–Trinajstić information content (AvgIpc) is 2.96. The predicted octanol–water partition coefficient (Wildman–Crippen LogP) is 3.57. The molecule has 0 saturated carbocycles. The number of hydrogen-bond acceptors (Lipinski definition) is 2. The Labute approximate surface area is 126 Å². The van der Waals surface area contributed by atoms with Crippen molar-refractivity contribution in [3.05, 3.63) is 59.9 Å². The van der Waals surface area contributed by atoms with Crippen molar-refractivity contribution in [1.82, 2.24) is 14.7 Å². The molecule has 0 aliphatic carbocycles. The van der Waals surface area contributed by atoms with E-state index < -0.39 is 11.7 Å². The Morgan fingerprint density at radius 1 is 1.09 bits per heavy atom. The smallest absolute Gasteiger partial charge is 0.293 e. The molecule has 6 heteroatoms. The minimum Gasteiger partial charge on any atom is -0.293 e. The Morgan fingerprint density at radius 3 is 2.50 bits per heavy atom. The van der Waals surface area contributed by atoms with Gasteiger partial charge in [0.1, 0.15) is 0 Å². The first-order valence-corrected chi connectivity index (χ1v) is 7.11. The summed E-state index contributed by atoms with van der Waals surface area (Å²) in [6, 6.07) is 11.6. The molecule has 0 unspecified atom stereocenters. The average molecular weight is 307 g/mol. The van der Waals surface area contributed by atoms with Crippen LogP contribution in [0.2, 0.25) is 0 Å². The molecule has 2 aromatic rings. The van der Waals surface area contributed by atoms with Crippen molar-refractivity contribution in [1.29, 1.82) is 0 Å². The minimum absolute atomic E-state index is 0.0445. The van der Waals surface area contributed by atoms with Gasteiger partial charge in [-0.25, -0.2) is 4.68 Å². The van der Waals surface area contributed by atoms with Gasteiger partial charge in [-0.2, -0.15) is 18.3 Å². The Kier molecular flexibility index (Phi) is 4.02. The van der Waals surface area contributed by atoms with E-state index in [1.807, 2.05) is 47.5 Å². The van der Waals surface area contributed by atoms with Crippen molar-refractivity contribution in [3.63, 3.8) is 0 Å². The van der Waals surface area contributed by atoms with E-state index in [-0.39, 0.29) is 6.42 Å². The molecule has 22 heavy (non-hydrogen) atoms. The predicted molar refractivity (Wildman–Crippen MR) is 77.6 cm³/mol. The first-order valence-electron chi connectivity index (χ1n) is 7.11. The fourth-order valence-electron chi connectivity index (χ4n) is 2.51. The SMILES string of the molecule is FC(F)(F)C1=CCN(Cc2ccn(-c3ccccc3)n2)CC1. The standard InChI is InChI=1S/C16H16F3N3/c17-16(18,19)13-6-9-21(10-7-13)12-14-8-11-22(20-14)15-4-2-1-3-5-15/h1-6,8,11H,7,9-10,12H2. The van der Waals surface area contributed by atoms with E-state index in [1.165, 1.54) is 6.08 Å². The number of hydrogen-bond donors (Lipinski definition) is 0. The number of alkyl halides is 3.